The molecule has 1 aromatic carbocycles. The van der Waals surface area contributed by atoms with E-state index < -0.39 is 0 Å². The molecule has 0 radical (unpaired) electrons. The molecule has 22 heavy (non-hydrogen) atoms. The molecular weight excluding hydrogens is 282 g/mol. The predicted molar refractivity (Wildman–Crippen MR) is 84.4 cm³/mol. The van der Waals surface area contributed by atoms with Crippen molar-refractivity contribution in [1.82, 2.24) is 10.3 Å². The number of nitrogens with zero attached hydrogens (tertiary/aromatic N) is 1. The second-order valence-electron chi connectivity index (χ2n) is 4.66. The summed E-state index contributed by atoms with van der Waals surface area (Å²) in [5.41, 5.74) is 1.75. The number of methoxy groups -OCH3 is 2. The summed E-state index contributed by atoms with van der Waals surface area (Å²) in [6.07, 6.45) is 0. The minimum Gasteiger partial charge on any atom is -0.493 e. The summed E-state index contributed by atoms with van der Waals surface area (Å²) in [6.45, 7) is 2.24. The van der Waals surface area contributed by atoms with Crippen LogP contribution in [0.2, 0.25) is 0 Å². The van der Waals surface area contributed by atoms with Crippen LogP contribution in [0.25, 0.3) is 0 Å². The van der Waals surface area contributed by atoms with Gasteiger partial charge >= 0.3 is 6.03 Å². The lowest BCUT2D eigenvalue weighted by Gasteiger charge is -2.11. The monoisotopic (exact) mass is 301 g/mol. The van der Waals surface area contributed by atoms with Crippen LogP contribution in [0.1, 0.15) is 11.3 Å². The van der Waals surface area contributed by atoms with Crippen molar-refractivity contribution in [2.75, 3.05) is 19.5 Å². The highest BCUT2D eigenvalue weighted by atomic mass is 16.5. The average Bonchev–Trinajstić information content (AvgIpc) is 2.52. The minimum absolute atomic E-state index is 0.312. The van der Waals surface area contributed by atoms with Crippen LogP contribution in [-0.4, -0.2) is 25.2 Å². The molecule has 1 heterocycles. The van der Waals surface area contributed by atoms with E-state index in [1.807, 2.05) is 31.2 Å². The standard InChI is InChI=1S/C16H19N3O3/c1-11-5-4-6-15(18-11)19-16(20)17-10-12-7-8-13(21-2)14(9-12)22-3/h4-9H,10H2,1-3H3,(H2,17,18,19,20). The first-order valence-corrected chi connectivity index (χ1v) is 6.82. The maximum atomic E-state index is 11.9. The van der Waals surface area contributed by atoms with Crippen molar-refractivity contribution >= 4 is 11.8 Å². The Bertz CT molecular complexity index is 659. The minimum atomic E-state index is -0.312. The van der Waals surface area contributed by atoms with Gasteiger partial charge in [0.15, 0.2) is 11.5 Å². The van der Waals surface area contributed by atoms with Gasteiger partial charge in [-0.3, -0.25) is 5.32 Å². The lowest BCUT2D eigenvalue weighted by Crippen LogP contribution is -2.28. The van der Waals surface area contributed by atoms with E-state index in [0.717, 1.165) is 11.3 Å². The van der Waals surface area contributed by atoms with Gasteiger partial charge in [-0.2, -0.15) is 0 Å². The van der Waals surface area contributed by atoms with Crippen LogP contribution in [-0.2, 0) is 6.54 Å². The predicted octanol–water partition coefficient (Wildman–Crippen LogP) is 2.73. The molecule has 0 bridgehead atoms. The van der Waals surface area contributed by atoms with Crippen LogP contribution < -0.4 is 20.1 Å². The number of pyridine rings is 1. The van der Waals surface area contributed by atoms with Crippen LogP contribution in [0.5, 0.6) is 11.5 Å². The number of hydrogen-bond donors (Lipinski definition) is 2. The SMILES string of the molecule is COc1ccc(CNC(=O)Nc2cccc(C)n2)cc1OC. The van der Waals surface area contributed by atoms with E-state index in [9.17, 15) is 4.79 Å². The molecule has 0 aliphatic rings. The number of rotatable bonds is 5. The number of carbonyl (C=O) groups is 1. The van der Waals surface area contributed by atoms with E-state index in [0.29, 0.717) is 23.9 Å². The third-order valence-corrected chi connectivity index (χ3v) is 3.03. The summed E-state index contributed by atoms with van der Waals surface area (Å²) in [5.74, 6) is 1.80. The largest absolute Gasteiger partial charge is 0.493 e. The first-order valence-electron chi connectivity index (χ1n) is 6.82. The molecule has 2 rings (SSSR count). The van der Waals surface area contributed by atoms with Crippen LogP contribution in [0.4, 0.5) is 10.6 Å². The maximum absolute atomic E-state index is 11.9. The van der Waals surface area contributed by atoms with Crippen molar-refractivity contribution in [3.8, 4) is 11.5 Å². The molecule has 6 heteroatoms. The van der Waals surface area contributed by atoms with E-state index in [2.05, 4.69) is 15.6 Å². The zero-order chi connectivity index (χ0) is 15.9. The van der Waals surface area contributed by atoms with Gasteiger partial charge in [0.25, 0.3) is 0 Å². The first-order chi connectivity index (χ1) is 10.6. The van der Waals surface area contributed by atoms with E-state index >= 15 is 0 Å². The lowest BCUT2D eigenvalue weighted by atomic mass is 10.2. The van der Waals surface area contributed by atoms with Crippen molar-refractivity contribution < 1.29 is 14.3 Å². The van der Waals surface area contributed by atoms with Gasteiger partial charge < -0.3 is 14.8 Å². The zero-order valence-electron chi connectivity index (χ0n) is 12.8. The molecular formula is C16H19N3O3. The Morgan fingerprint density at radius 1 is 1.14 bits per heavy atom. The zero-order valence-corrected chi connectivity index (χ0v) is 12.8. The highest BCUT2D eigenvalue weighted by molar-refractivity contribution is 5.88. The molecule has 116 valence electrons. The molecule has 0 saturated carbocycles. The lowest BCUT2D eigenvalue weighted by molar-refractivity contribution is 0.251. The van der Waals surface area contributed by atoms with Gasteiger partial charge in [-0.25, -0.2) is 9.78 Å². The summed E-state index contributed by atoms with van der Waals surface area (Å²) in [5, 5.41) is 5.46. The van der Waals surface area contributed by atoms with Crippen molar-refractivity contribution in [2.24, 2.45) is 0 Å². The summed E-state index contributed by atoms with van der Waals surface area (Å²) in [7, 11) is 3.16. The molecule has 2 aromatic rings. The Kier molecular flexibility index (Phi) is 5.19. The molecule has 0 atom stereocenters. The average molecular weight is 301 g/mol. The van der Waals surface area contributed by atoms with Crippen molar-refractivity contribution in [2.45, 2.75) is 13.5 Å². The first kappa shape index (κ1) is 15.6. The normalized spacial score (nSPS) is 9.95. The summed E-state index contributed by atoms with van der Waals surface area (Å²) in [4.78, 5) is 16.1. The second-order valence-corrected chi connectivity index (χ2v) is 4.66. The number of aryl methyl sites for hydroxylation is 1. The van der Waals surface area contributed by atoms with Gasteiger partial charge in [0.2, 0.25) is 0 Å². The van der Waals surface area contributed by atoms with E-state index in [4.69, 9.17) is 9.47 Å². The summed E-state index contributed by atoms with van der Waals surface area (Å²) in [6, 6.07) is 10.6. The van der Waals surface area contributed by atoms with E-state index in [1.165, 1.54) is 0 Å². The van der Waals surface area contributed by atoms with Crippen LogP contribution in [0.3, 0.4) is 0 Å². The van der Waals surface area contributed by atoms with Crippen molar-refractivity contribution in [3.05, 3.63) is 47.7 Å². The highest BCUT2D eigenvalue weighted by Crippen LogP contribution is 2.27. The fourth-order valence-corrected chi connectivity index (χ4v) is 1.95. The Morgan fingerprint density at radius 3 is 2.59 bits per heavy atom. The molecule has 2 amide bonds. The number of nitrogens with one attached hydrogen (secondary N) is 2. The number of amides is 2. The number of benzene rings is 1. The fourth-order valence-electron chi connectivity index (χ4n) is 1.95. The molecule has 0 fully saturated rings. The third kappa shape index (κ3) is 4.12. The maximum Gasteiger partial charge on any atom is 0.320 e. The quantitative estimate of drug-likeness (QED) is 0.890. The third-order valence-electron chi connectivity index (χ3n) is 3.03. The molecule has 2 N–H and O–H groups in total. The number of hydrogen-bond acceptors (Lipinski definition) is 4. The molecule has 0 spiro atoms. The van der Waals surface area contributed by atoms with Gasteiger partial charge in [-0.15, -0.1) is 0 Å². The van der Waals surface area contributed by atoms with E-state index in [1.54, 1.807) is 26.4 Å². The number of carbonyl (C=O) groups excluding carboxylic acids is 1. The molecule has 1 aromatic heterocycles. The van der Waals surface area contributed by atoms with Crippen LogP contribution in [0, 0.1) is 6.92 Å². The van der Waals surface area contributed by atoms with Gasteiger partial charge in [-0.1, -0.05) is 12.1 Å². The molecule has 0 aliphatic carbocycles. The Balaban J connectivity index is 1.93. The molecule has 0 saturated heterocycles. The van der Waals surface area contributed by atoms with Gasteiger partial charge in [0.1, 0.15) is 5.82 Å². The number of urea groups is 1. The van der Waals surface area contributed by atoms with Crippen LogP contribution in [0.15, 0.2) is 36.4 Å². The van der Waals surface area contributed by atoms with Crippen molar-refractivity contribution in [1.29, 1.82) is 0 Å². The van der Waals surface area contributed by atoms with Gasteiger partial charge in [0.05, 0.1) is 14.2 Å². The number of anilines is 1. The highest BCUT2D eigenvalue weighted by Gasteiger charge is 2.06. The smallest absolute Gasteiger partial charge is 0.320 e. The fraction of sp³-hybridized carbons (Fsp3) is 0.250. The van der Waals surface area contributed by atoms with Crippen LogP contribution >= 0.6 is 0 Å². The summed E-state index contributed by atoms with van der Waals surface area (Å²) < 4.78 is 10.4. The second kappa shape index (κ2) is 7.31. The van der Waals surface area contributed by atoms with E-state index in [-0.39, 0.29) is 6.03 Å². The number of ether oxygens (including phenoxy) is 2. The Morgan fingerprint density at radius 2 is 1.91 bits per heavy atom. The van der Waals surface area contributed by atoms with Gasteiger partial charge in [0, 0.05) is 12.2 Å². The van der Waals surface area contributed by atoms with Gasteiger partial charge in [-0.05, 0) is 36.8 Å². The number of aromatic nitrogens is 1. The Labute approximate surface area is 129 Å². The summed E-state index contributed by atoms with van der Waals surface area (Å²) >= 11 is 0. The van der Waals surface area contributed by atoms with Crippen molar-refractivity contribution in [3.63, 3.8) is 0 Å². The molecule has 0 unspecified atom stereocenters. The molecule has 6 nitrogen and oxygen atoms in total. The molecule has 0 aliphatic heterocycles. The Hall–Kier alpha value is -2.76. The topological polar surface area (TPSA) is 72.5 Å².